The maximum Gasteiger partial charge on any atom is 0.313 e. The quantitative estimate of drug-likeness (QED) is 0.128. The largest absolute Gasteiger partial charge is 0.455 e. The molecule has 2 bridgehead atoms. The van der Waals surface area contributed by atoms with Crippen molar-refractivity contribution < 1.29 is 43.2 Å². The number of morpholine rings is 1. The van der Waals surface area contributed by atoms with Crippen molar-refractivity contribution in [1.29, 1.82) is 0 Å². The summed E-state index contributed by atoms with van der Waals surface area (Å²) in [7, 11) is 1.50. The Kier molecular flexibility index (Phi) is 13.2. The van der Waals surface area contributed by atoms with Crippen molar-refractivity contribution in [3.63, 3.8) is 0 Å². The zero-order valence-electron chi connectivity index (χ0n) is 28.6. The Hall–Kier alpha value is -3.14. The van der Waals surface area contributed by atoms with Crippen LogP contribution >= 0.6 is 15.9 Å². The zero-order valence-corrected chi connectivity index (χ0v) is 30.2. The highest BCUT2D eigenvalue weighted by molar-refractivity contribution is 9.09. The van der Waals surface area contributed by atoms with Crippen LogP contribution in [0.1, 0.15) is 30.9 Å². The number of aliphatic hydroxyl groups is 1. The number of nitrogens with one attached hydrogen (secondary N) is 1. The normalized spacial score (nSPS) is 28.5. The molecule has 0 radical (unpaired) electrons. The van der Waals surface area contributed by atoms with Crippen LogP contribution in [0, 0.1) is 11.8 Å². The molecule has 50 heavy (non-hydrogen) atoms. The molecule has 3 amide bonds. The number of benzene rings is 1. The van der Waals surface area contributed by atoms with E-state index in [0.717, 1.165) is 13.1 Å². The number of esters is 1. The lowest BCUT2D eigenvalue weighted by atomic mass is 9.70. The van der Waals surface area contributed by atoms with Gasteiger partial charge in [0.15, 0.2) is 0 Å². The smallest absolute Gasteiger partial charge is 0.313 e. The number of aliphatic hydroxyl groups excluding tert-OH is 1. The number of halogens is 1. The van der Waals surface area contributed by atoms with Gasteiger partial charge in [-0.15, -0.1) is 13.2 Å². The molecule has 4 aliphatic heterocycles. The molecule has 8 atom stereocenters. The highest BCUT2D eigenvalue weighted by Gasteiger charge is 2.77. The number of alkyl halides is 1. The highest BCUT2D eigenvalue weighted by Crippen LogP contribution is 2.60. The molecule has 274 valence electrons. The Bertz CT molecular complexity index is 1380. The van der Waals surface area contributed by atoms with Gasteiger partial charge in [0.05, 0.1) is 50.4 Å². The van der Waals surface area contributed by atoms with Crippen LogP contribution in [0.4, 0.5) is 0 Å². The third-order valence-electron chi connectivity index (χ3n) is 10.1. The minimum atomic E-state index is -1.32. The van der Waals surface area contributed by atoms with Gasteiger partial charge in [0, 0.05) is 57.6 Å². The number of fused-ring (bicyclic) bond motifs is 1. The lowest BCUT2D eigenvalue weighted by Gasteiger charge is -2.37. The number of carbonyl (C=O) groups is 4. The van der Waals surface area contributed by atoms with Gasteiger partial charge in [0.1, 0.15) is 17.7 Å². The Labute approximate surface area is 302 Å². The van der Waals surface area contributed by atoms with Crippen molar-refractivity contribution in [1.82, 2.24) is 20.0 Å². The first-order chi connectivity index (χ1) is 24.2. The minimum Gasteiger partial charge on any atom is -0.455 e. The number of β-amino-alcohol motifs (C(OH)–C–C–N with tert-alkyl or cyclic N) is 1. The topological polar surface area (TPSA) is 147 Å². The summed E-state index contributed by atoms with van der Waals surface area (Å²) in [5.41, 5.74) is -0.689. The first-order valence-electron chi connectivity index (χ1n) is 17.3. The number of hydrogen-bond acceptors (Lipinski definition) is 10. The number of rotatable bonds is 18. The van der Waals surface area contributed by atoms with Crippen LogP contribution in [0.2, 0.25) is 0 Å². The van der Waals surface area contributed by atoms with Crippen molar-refractivity contribution in [3.05, 3.63) is 61.2 Å². The van der Waals surface area contributed by atoms with E-state index in [1.807, 2.05) is 6.07 Å². The third kappa shape index (κ3) is 7.85. The average molecular weight is 762 g/mol. The van der Waals surface area contributed by atoms with Crippen molar-refractivity contribution in [2.24, 2.45) is 11.8 Å². The SMILES string of the molecule is C=CCCC(=O)N[C@H](COC)[C@H](OC(=O)[C@@H]1[C@H]2O[C@@]3(CC2Br)[C@H](C(=O)N(CC=C)CCN2CCOCC2)N(CCO)C(=O)[C@@H]13)c1ccccc1. The molecule has 1 aromatic rings. The number of carbonyl (C=O) groups excluding carboxylic acids is 4. The average Bonchev–Trinajstić information content (AvgIpc) is 3.71. The van der Waals surface area contributed by atoms with E-state index >= 15 is 0 Å². The molecule has 5 rings (SSSR count). The van der Waals surface area contributed by atoms with E-state index < -0.39 is 53.6 Å². The van der Waals surface area contributed by atoms with Gasteiger partial charge < -0.3 is 39.2 Å². The summed E-state index contributed by atoms with van der Waals surface area (Å²) < 4.78 is 23.8. The molecule has 1 spiro atoms. The van der Waals surface area contributed by atoms with Crippen LogP contribution in [-0.4, -0.2) is 145 Å². The summed E-state index contributed by atoms with van der Waals surface area (Å²) in [5.74, 6) is -3.75. The molecule has 14 heteroatoms. The fourth-order valence-corrected chi connectivity index (χ4v) is 8.80. The number of ether oxygens (including phenoxy) is 4. The molecule has 0 aromatic heterocycles. The predicted octanol–water partition coefficient (Wildman–Crippen LogP) is 1.46. The van der Waals surface area contributed by atoms with Gasteiger partial charge in [-0.1, -0.05) is 58.4 Å². The first kappa shape index (κ1) is 38.1. The molecular formula is C36H49BrN4O9. The minimum absolute atomic E-state index is 0.0507. The van der Waals surface area contributed by atoms with Crippen LogP contribution in [0.3, 0.4) is 0 Å². The Morgan fingerprint density at radius 1 is 1.18 bits per heavy atom. The van der Waals surface area contributed by atoms with E-state index in [4.69, 9.17) is 18.9 Å². The third-order valence-corrected chi connectivity index (χ3v) is 10.9. The molecular weight excluding hydrogens is 712 g/mol. The number of amides is 3. The highest BCUT2D eigenvalue weighted by atomic mass is 79.9. The Morgan fingerprint density at radius 3 is 2.58 bits per heavy atom. The first-order valence-corrected chi connectivity index (χ1v) is 18.2. The van der Waals surface area contributed by atoms with Gasteiger partial charge in [-0.25, -0.2) is 0 Å². The van der Waals surface area contributed by atoms with E-state index in [-0.39, 0.29) is 49.4 Å². The van der Waals surface area contributed by atoms with Gasteiger partial charge in [0.25, 0.3) is 0 Å². The van der Waals surface area contributed by atoms with Crippen molar-refractivity contribution in [2.45, 2.75) is 54.0 Å². The molecule has 4 heterocycles. The number of allylic oxidation sites excluding steroid dienone is 1. The second kappa shape index (κ2) is 17.4. The van der Waals surface area contributed by atoms with E-state index in [9.17, 15) is 24.3 Å². The van der Waals surface area contributed by atoms with Gasteiger partial charge >= 0.3 is 5.97 Å². The predicted molar refractivity (Wildman–Crippen MR) is 187 cm³/mol. The maximum atomic E-state index is 14.5. The van der Waals surface area contributed by atoms with Gasteiger partial charge in [-0.05, 0) is 18.4 Å². The molecule has 4 fully saturated rings. The molecule has 1 unspecified atom stereocenters. The molecule has 2 N–H and O–H groups in total. The lowest BCUT2D eigenvalue weighted by Crippen LogP contribution is -2.58. The zero-order chi connectivity index (χ0) is 35.8. The lowest BCUT2D eigenvalue weighted by molar-refractivity contribution is -0.163. The molecule has 4 saturated heterocycles. The van der Waals surface area contributed by atoms with Crippen LogP contribution in [0.5, 0.6) is 0 Å². The van der Waals surface area contributed by atoms with Crippen LogP contribution < -0.4 is 5.32 Å². The molecule has 1 aromatic carbocycles. The standard InChI is InChI=1S/C36H49BrN4O9/c1-4-6-12-27(43)38-26(23-47-3)30(24-10-8-7-9-11-24)49-35(46)28-29-33(44)41(16-19-42)32(36(29)22-25(37)31(28)50-36)34(45)40(13-5-2)15-14-39-17-20-48-21-18-39/h4-5,7-11,25-26,28-32,42H,1-2,6,12-23H2,3H3,(H,38,43)/t25?,26-,28+,29-,30-,31+,32+,36-/m1/s1. The fraction of sp³-hybridized carbons (Fsp3) is 0.611. The van der Waals surface area contributed by atoms with Crippen LogP contribution in [0.15, 0.2) is 55.6 Å². The Morgan fingerprint density at radius 2 is 1.92 bits per heavy atom. The number of nitrogens with zero attached hydrogens (tertiary/aromatic N) is 3. The fourth-order valence-electron chi connectivity index (χ4n) is 7.86. The van der Waals surface area contributed by atoms with Crippen molar-refractivity contribution in [3.8, 4) is 0 Å². The number of likely N-dealkylation sites (tertiary alicyclic amines) is 1. The van der Waals surface area contributed by atoms with Crippen molar-refractivity contribution in [2.75, 3.05) is 72.8 Å². The summed E-state index contributed by atoms with van der Waals surface area (Å²) in [6.07, 6.45) is 2.59. The molecule has 0 saturated carbocycles. The summed E-state index contributed by atoms with van der Waals surface area (Å²) >= 11 is 3.71. The van der Waals surface area contributed by atoms with E-state index in [2.05, 4.69) is 39.3 Å². The van der Waals surface area contributed by atoms with Crippen LogP contribution in [0.25, 0.3) is 0 Å². The number of methoxy groups -OCH3 is 1. The van der Waals surface area contributed by atoms with E-state index in [0.29, 0.717) is 44.7 Å². The summed E-state index contributed by atoms with van der Waals surface area (Å²) in [6, 6.07) is 7.24. The van der Waals surface area contributed by atoms with E-state index in [1.54, 1.807) is 41.3 Å². The molecule has 0 aliphatic carbocycles. The Balaban J connectivity index is 1.44. The van der Waals surface area contributed by atoms with Gasteiger partial charge in [-0.2, -0.15) is 0 Å². The van der Waals surface area contributed by atoms with Crippen LogP contribution in [-0.2, 0) is 38.1 Å². The maximum absolute atomic E-state index is 14.5. The van der Waals surface area contributed by atoms with Gasteiger partial charge in [0.2, 0.25) is 17.7 Å². The molecule has 4 aliphatic rings. The number of hydrogen-bond donors (Lipinski definition) is 2. The second-order valence-electron chi connectivity index (χ2n) is 13.2. The summed E-state index contributed by atoms with van der Waals surface area (Å²) in [5, 5.41) is 13.0. The molecule has 13 nitrogen and oxygen atoms in total. The summed E-state index contributed by atoms with van der Waals surface area (Å²) in [6.45, 7) is 11.2. The van der Waals surface area contributed by atoms with Crippen molar-refractivity contribution >= 4 is 39.6 Å². The second-order valence-corrected chi connectivity index (χ2v) is 14.3. The monoisotopic (exact) mass is 760 g/mol. The van der Waals surface area contributed by atoms with E-state index in [1.165, 1.54) is 12.0 Å². The summed E-state index contributed by atoms with van der Waals surface area (Å²) in [4.78, 5) is 61.1. The van der Waals surface area contributed by atoms with Gasteiger partial charge in [-0.3, -0.25) is 24.1 Å².